The molecule has 10 heteroatoms. The van der Waals surface area contributed by atoms with Crippen LogP contribution in [0.25, 0.3) is 0 Å². The van der Waals surface area contributed by atoms with Gasteiger partial charge in [-0.15, -0.1) is 0 Å². The Kier molecular flexibility index (Phi) is 6.14. The molecule has 0 aliphatic carbocycles. The number of aliphatic hydroxyl groups is 3. The first-order valence-electron chi connectivity index (χ1n) is 7.54. The molecule has 1 aliphatic rings. The maximum Gasteiger partial charge on any atom is 0.297 e. The zero-order chi connectivity index (χ0) is 18.8. The van der Waals surface area contributed by atoms with Crippen molar-refractivity contribution in [2.75, 3.05) is 6.61 Å². The van der Waals surface area contributed by atoms with Crippen molar-refractivity contribution in [1.29, 1.82) is 0 Å². The summed E-state index contributed by atoms with van der Waals surface area (Å²) in [6, 6.07) is 4.72. The van der Waals surface area contributed by atoms with Gasteiger partial charge < -0.3 is 25.4 Å². The topological polar surface area (TPSA) is 142 Å². The molecule has 1 saturated heterocycles. The average Bonchev–Trinajstić information content (AvgIpc) is 2.54. The van der Waals surface area contributed by atoms with Gasteiger partial charge in [0.05, 0.1) is 11.5 Å². The van der Waals surface area contributed by atoms with Gasteiger partial charge in [0.25, 0.3) is 10.1 Å². The minimum absolute atomic E-state index is 0.0689. The summed E-state index contributed by atoms with van der Waals surface area (Å²) in [5.74, 6) is -0.532. The van der Waals surface area contributed by atoms with E-state index in [0.717, 1.165) is 5.56 Å². The van der Waals surface area contributed by atoms with Crippen LogP contribution in [0, 0.1) is 6.92 Å². The third-order valence-electron chi connectivity index (χ3n) is 3.79. The lowest BCUT2D eigenvalue weighted by molar-refractivity contribution is -0.252. The molecule has 0 bridgehead atoms. The number of ether oxygens (including phenoxy) is 1. The van der Waals surface area contributed by atoms with E-state index in [-0.39, 0.29) is 4.90 Å². The summed E-state index contributed by atoms with van der Waals surface area (Å²) in [7, 11) is -4.09. The van der Waals surface area contributed by atoms with Crippen LogP contribution in [-0.2, 0) is 23.8 Å². The van der Waals surface area contributed by atoms with Crippen molar-refractivity contribution in [2.24, 2.45) is 0 Å². The summed E-state index contributed by atoms with van der Waals surface area (Å²) in [5, 5.41) is 32.1. The fourth-order valence-corrected chi connectivity index (χ4v) is 3.32. The lowest BCUT2D eigenvalue weighted by Crippen LogP contribution is -2.64. The molecule has 140 valence electrons. The van der Waals surface area contributed by atoms with Crippen molar-refractivity contribution in [3.63, 3.8) is 0 Å². The second kappa shape index (κ2) is 7.77. The SMILES string of the molecule is CC(=O)N[C@H]1C(O)O[C@H](COS(=O)(=O)c2ccc(C)cc2)[C@@H](O)[C@@H]1O. The number of hydrogen-bond acceptors (Lipinski definition) is 8. The maximum atomic E-state index is 12.1. The number of aliphatic hydroxyl groups excluding tert-OH is 3. The Morgan fingerprint density at radius 3 is 2.36 bits per heavy atom. The van der Waals surface area contributed by atoms with Crippen LogP contribution in [0.15, 0.2) is 29.2 Å². The molecule has 0 radical (unpaired) electrons. The van der Waals surface area contributed by atoms with Crippen molar-refractivity contribution in [3.8, 4) is 0 Å². The molecule has 0 spiro atoms. The fraction of sp³-hybridized carbons (Fsp3) is 0.533. The molecule has 0 saturated carbocycles. The number of carbonyl (C=O) groups excluding carboxylic acids is 1. The molecule has 5 atom stereocenters. The van der Waals surface area contributed by atoms with Crippen LogP contribution in [-0.4, -0.2) is 66.9 Å². The number of benzene rings is 1. The van der Waals surface area contributed by atoms with Crippen LogP contribution in [0.4, 0.5) is 0 Å². The first kappa shape index (κ1) is 19.8. The zero-order valence-electron chi connectivity index (χ0n) is 13.7. The van der Waals surface area contributed by atoms with Gasteiger partial charge in [-0.2, -0.15) is 8.42 Å². The normalized spacial score (nSPS) is 30.0. The summed E-state index contributed by atoms with van der Waals surface area (Å²) in [5.41, 5.74) is 0.875. The molecule has 25 heavy (non-hydrogen) atoms. The summed E-state index contributed by atoms with van der Waals surface area (Å²) >= 11 is 0. The van der Waals surface area contributed by atoms with Gasteiger partial charge in [0, 0.05) is 6.92 Å². The van der Waals surface area contributed by atoms with E-state index >= 15 is 0 Å². The number of carbonyl (C=O) groups is 1. The highest BCUT2D eigenvalue weighted by molar-refractivity contribution is 7.86. The van der Waals surface area contributed by atoms with Crippen LogP contribution in [0.5, 0.6) is 0 Å². The standard InChI is InChI=1S/C15H21NO8S/c1-8-3-5-10(6-4-8)25(21,22)23-7-11-13(18)14(19)12(15(20)24-11)16-9(2)17/h3-6,11-15,18-20H,7H2,1-2H3,(H,16,17)/t11-,12-,13-,14-,15?/m1/s1. The van der Waals surface area contributed by atoms with Crippen molar-refractivity contribution in [1.82, 2.24) is 5.32 Å². The minimum Gasteiger partial charge on any atom is -0.388 e. The zero-order valence-corrected chi connectivity index (χ0v) is 14.5. The summed E-state index contributed by atoms with van der Waals surface area (Å²) in [6.45, 7) is 2.37. The molecular formula is C15H21NO8S. The van der Waals surface area contributed by atoms with Gasteiger partial charge in [0.1, 0.15) is 24.4 Å². The Hall–Kier alpha value is -1.56. The van der Waals surface area contributed by atoms with E-state index < -0.39 is 53.3 Å². The maximum absolute atomic E-state index is 12.1. The van der Waals surface area contributed by atoms with Gasteiger partial charge in [-0.05, 0) is 19.1 Å². The van der Waals surface area contributed by atoms with Gasteiger partial charge in [-0.1, -0.05) is 17.7 Å². The van der Waals surface area contributed by atoms with Gasteiger partial charge in [0.2, 0.25) is 5.91 Å². The van der Waals surface area contributed by atoms with Crippen molar-refractivity contribution >= 4 is 16.0 Å². The Balaban J connectivity index is 2.03. The highest BCUT2D eigenvalue weighted by Gasteiger charge is 2.44. The Bertz CT molecular complexity index is 705. The number of rotatable bonds is 5. The summed E-state index contributed by atoms with van der Waals surface area (Å²) in [4.78, 5) is 11.0. The third-order valence-corrected chi connectivity index (χ3v) is 5.08. The lowest BCUT2D eigenvalue weighted by Gasteiger charge is -2.40. The molecule has 1 aliphatic heterocycles. The van der Waals surface area contributed by atoms with Gasteiger partial charge >= 0.3 is 0 Å². The van der Waals surface area contributed by atoms with E-state index in [0.29, 0.717) is 0 Å². The van der Waals surface area contributed by atoms with Crippen LogP contribution in [0.3, 0.4) is 0 Å². The smallest absolute Gasteiger partial charge is 0.297 e. The largest absolute Gasteiger partial charge is 0.388 e. The van der Waals surface area contributed by atoms with Crippen LogP contribution in [0.1, 0.15) is 12.5 Å². The molecule has 1 unspecified atom stereocenters. The average molecular weight is 375 g/mol. The molecule has 1 fully saturated rings. The molecule has 0 aromatic heterocycles. The molecule has 4 N–H and O–H groups in total. The highest BCUT2D eigenvalue weighted by Crippen LogP contribution is 2.22. The Morgan fingerprint density at radius 1 is 1.20 bits per heavy atom. The van der Waals surface area contributed by atoms with Crippen molar-refractivity contribution in [2.45, 2.75) is 49.4 Å². The molecule has 1 heterocycles. The Labute approximate surface area is 145 Å². The van der Waals surface area contributed by atoms with Crippen LogP contribution >= 0.6 is 0 Å². The van der Waals surface area contributed by atoms with Gasteiger partial charge in [-0.3, -0.25) is 8.98 Å². The lowest BCUT2D eigenvalue weighted by atomic mass is 9.97. The van der Waals surface area contributed by atoms with Crippen molar-refractivity contribution in [3.05, 3.63) is 29.8 Å². The highest BCUT2D eigenvalue weighted by atomic mass is 32.2. The van der Waals surface area contributed by atoms with E-state index in [1.807, 2.05) is 0 Å². The first-order chi connectivity index (χ1) is 11.6. The summed E-state index contributed by atoms with van der Waals surface area (Å²) < 4.78 is 34.2. The van der Waals surface area contributed by atoms with E-state index in [2.05, 4.69) is 5.32 Å². The van der Waals surface area contributed by atoms with Gasteiger partial charge in [-0.25, -0.2) is 0 Å². The first-order valence-corrected chi connectivity index (χ1v) is 8.95. The molecule has 1 aromatic carbocycles. The second-order valence-corrected chi connectivity index (χ2v) is 7.44. The van der Waals surface area contributed by atoms with Crippen LogP contribution in [0.2, 0.25) is 0 Å². The van der Waals surface area contributed by atoms with E-state index in [9.17, 15) is 28.5 Å². The summed E-state index contributed by atoms with van der Waals surface area (Å²) in [6.07, 6.45) is -6.04. The molecule has 1 aromatic rings. The number of nitrogens with one attached hydrogen (secondary N) is 1. The molecule has 9 nitrogen and oxygen atoms in total. The van der Waals surface area contributed by atoms with E-state index in [1.165, 1.54) is 19.1 Å². The number of aryl methyl sites for hydroxylation is 1. The number of amides is 1. The fourth-order valence-electron chi connectivity index (χ4n) is 2.40. The molecule has 2 rings (SSSR count). The molecule has 1 amide bonds. The quantitative estimate of drug-likeness (QED) is 0.463. The molecular weight excluding hydrogens is 354 g/mol. The van der Waals surface area contributed by atoms with Crippen molar-refractivity contribution < 1.29 is 37.5 Å². The van der Waals surface area contributed by atoms with Crippen LogP contribution < -0.4 is 5.32 Å². The minimum atomic E-state index is -4.09. The number of hydrogen-bond donors (Lipinski definition) is 4. The monoisotopic (exact) mass is 375 g/mol. The van der Waals surface area contributed by atoms with E-state index in [4.69, 9.17) is 8.92 Å². The third kappa shape index (κ3) is 4.75. The second-order valence-electron chi connectivity index (χ2n) is 5.82. The Morgan fingerprint density at radius 2 is 1.80 bits per heavy atom. The van der Waals surface area contributed by atoms with Gasteiger partial charge in [0.15, 0.2) is 6.29 Å². The predicted molar refractivity (Wildman–Crippen MR) is 84.8 cm³/mol. The van der Waals surface area contributed by atoms with E-state index in [1.54, 1.807) is 19.1 Å². The predicted octanol–water partition coefficient (Wildman–Crippen LogP) is -1.36.